The molecule has 2 aromatic carbocycles. The molecule has 0 aliphatic rings. The van der Waals surface area contributed by atoms with Gasteiger partial charge in [0, 0.05) is 15.7 Å². The first-order valence-corrected chi connectivity index (χ1v) is 6.78. The molecular formula is C15H14BrNO3. The average Bonchev–Trinajstić information content (AvgIpc) is 2.37. The molecule has 3 N–H and O–H groups in total. The van der Waals surface area contributed by atoms with E-state index >= 15 is 0 Å². The molecule has 0 aromatic heterocycles. The zero-order valence-electron chi connectivity index (χ0n) is 10.9. The molecule has 4 nitrogen and oxygen atoms in total. The normalized spacial score (nSPS) is 10.3. The molecule has 0 radical (unpaired) electrons. The lowest BCUT2D eigenvalue weighted by Crippen LogP contribution is -2.09. The van der Waals surface area contributed by atoms with E-state index in [0.717, 1.165) is 10.0 Å². The van der Waals surface area contributed by atoms with Gasteiger partial charge in [0.15, 0.2) is 0 Å². The predicted octanol–water partition coefficient (Wildman–Crippen LogP) is 3.62. The minimum Gasteiger partial charge on any atom is -0.489 e. The third-order valence-corrected chi connectivity index (χ3v) is 3.41. The zero-order valence-corrected chi connectivity index (χ0v) is 12.5. The summed E-state index contributed by atoms with van der Waals surface area (Å²) in [5, 5.41) is 9.19. The van der Waals surface area contributed by atoms with Crippen molar-refractivity contribution < 1.29 is 14.6 Å². The Bertz CT molecular complexity index is 656. The SMILES string of the molecule is Cc1cc(Br)ccc1OCc1cccc(N)c1C(=O)O. The summed E-state index contributed by atoms with van der Waals surface area (Å²) >= 11 is 3.38. The number of carboxylic acids is 1. The van der Waals surface area contributed by atoms with Crippen molar-refractivity contribution in [2.75, 3.05) is 5.73 Å². The number of hydrogen-bond acceptors (Lipinski definition) is 3. The number of anilines is 1. The van der Waals surface area contributed by atoms with Crippen LogP contribution in [0.3, 0.4) is 0 Å². The summed E-state index contributed by atoms with van der Waals surface area (Å²) in [6.07, 6.45) is 0. The minimum absolute atomic E-state index is 0.0993. The summed E-state index contributed by atoms with van der Waals surface area (Å²) in [5.41, 5.74) is 7.57. The van der Waals surface area contributed by atoms with Gasteiger partial charge in [-0.1, -0.05) is 28.1 Å². The van der Waals surface area contributed by atoms with Crippen LogP contribution in [0, 0.1) is 6.92 Å². The fourth-order valence-corrected chi connectivity index (χ4v) is 2.41. The maximum absolute atomic E-state index is 11.2. The maximum Gasteiger partial charge on any atom is 0.338 e. The Morgan fingerprint density at radius 3 is 2.75 bits per heavy atom. The van der Waals surface area contributed by atoms with Gasteiger partial charge in [-0.3, -0.25) is 0 Å². The lowest BCUT2D eigenvalue weighted by molar-refractivity contribution is 0.0695. The number of carbonyl (C=O) groups is 1. The van der Waals surface area contributed by atoms with Crippen molar-refractivity contribution in [2.24, 2.45) is 0 Å². The number of hydrogen-bond donors (Lipinski definition) is 2. The van der Waals surface area contributed by atoms with Crippen LogP contribution in [0.4, 0.5) is 5.69 Å². The van der Waals surface area contributed by atoms with Gasteiger partial charge in [0.1, 0.15) is 12.4 Å². The Morgan fingerprint density at radius 2 is 2.10 bits per heavy atom. The van der Waals surface area contributed by atoms with Crippen molar-refractivity contribution in [1.29, 1.82) is 0 Å². The van der Waals surface area contributed by atoms with Crippen molar-refractivity contribution in [1.82, 2.24) is 0 Å². The van der Waals surface area contributed by atoms with E-state index in [1.165, 1.54) is 0 Å². The van der Waals surface area contributed by atoms with Crippen molar-refractivity contribution in [3.8, 4) is 5.75 Å². The van der Waals surface area contributed by atoms with E-state index in [2.05, 4.69) is 15.9 Å². The maximum atomic E-state index is 11.2. The average molecular weight is 336 g/mol. The summed E-state index contributed by atoms with van der Waals surface area (Å²) in [4.78, 5) is 11.2. The van der Waals surface area contributed by atoms with Gasteiger partial charge in [-0.05, 0) is 36.8 Å². The van der Waals surface area contributed by atoms with E-state index in [-0.39, 0.29) is 17.9 Å². The van der Waals surface area contributed by atoms with Crippen LogP contribution in [0.5, 0.6) is 5.75 Å². The van der Waals surface area contributed by atoms with Crippen LogP contribution in [-0.2, 0) is 6.61 Å². The molecule has 0 saturated heterocycles. The van der Waals surface area contributed by atoms with E-state index in [1.54, 1.807) is 18.2 Å². The summed E-state index contributed by atoms with van der Waals surface area (Å²) in [5.74, 6) is -0.332. The fraction of sp³-hybridized carbons (Fsp3) is 0.133. The van der Waals surface area contributed by atoms with Gasteiger partial charge < -0.3 is 15.6 Å². The second kappa shape index (κ2) is 5.96. The molecule has 2 aromatic rings. The molecule has 0 aliphatic heterocycles. The molecule has 104 valence electrons. The quantitative estimate of drug-likeness (QED) is 0.837. The fourth-order valence-electron chi connectivity index (χ4n) is 1.93. The summed E-state index contributed by atoms with van der Waals surface area (Å²) in [6, 6.07) is 10.6. The molecule has 5 heteroatoms. The highest BCUT2D eigenvalue weighted by molar-refractivity contribution is 9.10. The van der Waals surface area contributed by atoms with Crippen LogP contribution in [0.15, 0.2) is 40.9 Å². The molecule has 0 amide bonds. The highest BCUT2D eigenvalue weighted by atomic mass is 79.9. The highest BCUT2D eigenvalue weighted by Gasteiger charge is 2.14. The molecule has 20 heavy (non-hydrogen) atoms. The van der Waals surface area contributed by atoms with Crippen molar-refractivity contribution in [3.63, 3.8) is 0 Å². The second-order valence-electron chi connectivity index (χ2n) is 4.39. The predicted molar refractivity (Wildman–Crippen MR) is 81.0 cm³/mol. The molecule has 0 saturated carbocycles. The summed E-state index contributed by atoms with van der Waals surface area (Å²) < 4.78 is 6.65. The van der Waals surface area contributed by atoms with Crippen LogP contribution < -0.4 is 10.5 Å². The first-order chi connectivity index (χ1) is 9.49. The summed E-state index contributed by atoms with van der Waals surface area (Å²) in [7, 11) is 0. The smallest absolute Gasteiger partial charge is 0.338 e. The third-order valence-electron chi connectivity index (χ3n) is 2.92. The number of rotatable bonds is 4. The van der Waals surface area contributed by atoms with Crippen molar-refractivity contribution in [3.05, 3.63) is 57.6 Å². The van der Waals surface area contributed by atoms with Crippen LogP contribution in [-0.4, -0.2) is 11.1 Å². The van der Waals surface area contributed by atoms with Crippen molar-refractivity contribution >= 4 is 27.6 Å². The highest BCUT2D eigenvalue weighted by Crippen LogP contribution is 2.24. The molecular weight excluding hydrogens is 322 g/mol. The van der Waals surface area contributed by atoms with E-state index in [1.807, 2.05) is 25.1 Å². The van der Waals surface area contributed by atoms with Crippen molar-refractivity contribution in [2.45, 2.75) is 13.5 Å². The Balaban J connectivity index is 2.23. The number of ether oxygens (including phenoxy) is 1. The molecule has 0 unspecified atom stereocenters. The summed E-state index contributed by atoms with van der Waals surface area (Å²) in [6.45, 7) is 2.09. The largest absolute Gasteiger partial charge is 0.489 e. The number of aromatic carboxylic acids is 1. The molecule has 0 heterocycles. The minimum atomic E-state index is -1.05. The van der Waals surface area contributed by atoms with Gasteiger partial charge >= 0.3 is 5.97 Å². The molecule has 0 atom stereocenters. The molecule has 0 fully saturated rings. The first kappa shape index (κ1) is 14.4. The standard InChI is InChI=1S/C15H14BrNO3/c1-9-7-11(16)5-6-13(9)20-8-10-3-2-4-12(17)14(10)15(18)19/h2-7H,8,17H2,1H3,(H,18,19). The first-order valence-electron chi connectivity index (χ1n) is 5.98. The van der Waals surface area contributed by atoms with Gasteiger partial charge in [-0.2, -0.15) is 0 Å². The van der Waals surface area contributed by atoms with Crippen LogP contribution in [0.25, 0.3) is 0 Å². The van der Waals surface area contributed by atoms with Gasteiger partial charge in [0.05, 0.1) is 5.56 Å². The van der Waals surface area contributed by atoms with Crippen LogP contribution >= 0.6 is 15.9 Å². The van der Waals surface area contributed by atoms with Gasteiger partial charge in [-0.15, -0.1) is 0 Å². The molecule has 0 aliphatic carbocycles. The van der Waals surface area contributed by atoms with Gasteiger partial charge in [0.25, 0.3) is 0 Å². The molecule has 0 spiro atoms. The second-order valence-corrected chi connectivity index (χ2v) is 5.30. The Labute approximate surface area is 125 Å². The Morgan fingerprint density at radius 1 is 1.35 bits per heavy atom. The van der Waals surface area contributed by atoms with Crippen LogP contribution in [0.2, 0.25) is 0 Å². The lowest BCUT2D eigenvalue weighted by Gasteiger charge is -2.12. The molecule has 0 bridgehead atoms. The van der Waals surface area contributed by atoms with Gasteiger partial charge in [0.2, 0.25) is 0 Å². The number of aryl methyl sites for hydroxylation is 1. The number of nitrogens with two attached hydrogens (primary N) is 1. The van der Waals surface area contributed by atoms with E-state index in [4.69, 9.17) is 10.5 Å². The number of benzene rings is 2. The van der Waals surface area contributed by atoms with E-state index in [0.29, 0.717) is 11.3 Å². The zero-order chi connectivity index (χ0) is 14.7. The number of nitrogen functional groups attached to an aromatic ring is 1. The Kier molecular flexibility index (Phi) is 4.29. The van der Waals surface area contributed by atoms with E-state index < -0.39 is 5.97 Å². The topological polar surface area (TPSA) is 72.5 Å². The number of carboxylic acid groups (broad SMARTS) is 1. The third kappa shape index (κ3) is 3.11. The van der Waals surface area contributed by atoms with Gasteiger partial charge in [-0.25, -0.2) is 4.79 Å². The van der Waals surface area contributed by atoms with Crippen LogP contribution in [0.1, 0.15) is 21.5 Å². The van der Waals surface area contributed by atoms with E-state index in [9.17, 15) is 9.90 Å². The Hall–Kier alpha value is -2.01. The monoisotopic (exact) mass is 335 g/mol. The molecule has 2 rings (SSSR count). The lowest BCUT2D eigenvalue weighted by atomic mass is 10.1. The number of halogens is 1.